The standard InChI is InChI=1S/C21H30N2O2/c1-3-14-23-19(24)18-13-9-8-10-16(18)15-21(23,2)20(25)22-17-11-6-4-5-7-12-17/h8-10,13,17H,3-7,11-12,14-15H2,1-2H3,(H,22,25)/t21-/m1/s1. The Kier molecular flexibility index (Phi) is 5.45. The number of nitrogens with zero attached hydrogens (tertiary/aromatic N) is 1. The summed E-state index contributed by atoms with van der Waals surface area (Å²) in [6.07, 6.45) is 8.44. The van der Waals surface area contributed by atoms with Crippen molar-refractivity contribution in [1.29, 1.82) is 0 Å². The van der Waals surface area contributed by atoms with E-state index in [1.165, 1.54) is 25.7 Å². The number of rotatable bonds is 4. The summed E-state index contributed by atoms with van der Waals surface area (Å²) in [5.74, 6) is -0.00193. The molecule has 1 atom stereocenters. The van der Waals surface area contributed by atoms with Gasteiger partial charge in [0.05, 0.1) is 0 Å². The van der Waals surface area contributed by atoms with Crippen LogP contribution in [-0.4, -0.2) is 34.8 Å². The van der Waals surface area contributed by atoms with E-state index in [9.17, 15) is 9.59 Å². The molecule has 0 spiro atoms. The molecule has 2 amide bonds. The highest BCUT2D eigenvalue weighted by Crippen LogP contribution is 2.32. The quantitative estimate of drug-likeness (QED) is 0.848. The first-order valence-electron chi connectivity index (χ1n) is 9.77. The summed E-state index contributed by atoms with van der Waals surface area (Å²) in [7, 11) is 0. The van der Waals surface area contributed by atoms with Crippen LogP contribution in [0, 0.1) is 0 Å². The zero-order valence-corrected chi connectivity index (χ0v) is 15.5. The third-order valence-corrected chi connectivity index (χ3v) is 5.75. The van der Waals surface area contributed by atoms with E-state index in [-0.39, 0.29) is 17.9 Å². The number of nitrogens with one attached hydrogen (secondary N) is 1. The van der Waals surface area contributed by atoms with Gasteiger partial charge < -0.3 is 10.2 Å². The molecule has 0 unspecified atom stereocenters. The van der Waals surface area contributed by atoms with Crippen molar-refractivity contribution in [3.05, 3.63) is 35.4 Å². The average Bonchev–Trinajstić information content (AvgIpc) is 2.87. The van der Waals surface area contributed by atoms with Gasteiger partial charge in [-0.1, -0.05) is 50.8 Å². The third-order valence-electron chi connectivity index (χ3n) is 5.75. The molecule has 1 aromatic rings. The summed E-state index contributed by atoms with van der Waals surface area (Å²) in [6, 6.07) is 7.96. The van der Waals surface area contributed by atoms with E-state index in [4.69, 9.17) is 0 Å². The summed E-state index contributed by atoms with van der Waals surface area (Å²) in [4.78, 5) is 28.0. The first-order valence-corrected chi connectivity index (χ1v) is 9.77. The van der Waals surface area contributed by atoms with Crippen LogP contribution in [0.5, 0.6) is 0 Å². The molecule has 0 bridgehead atoms. The first-order chi connectivity index (χ1) is 12.1. The van der Waals surface area contributed by atoms with Crippen LogP contribution >= 0.6 is 0 Å². The monoisotopic (exact) mass is 342 g/mol. The Bertz CT molecular complexity index is 635. The zero-order chi connectivity index (χ0) is 17.9. The second-order valence-electron chi connectivity index (χ2n) is 7.73. The molecule has 3 rings (SSSR count). The molecule has 1 fully saturated rings. The van der Waals surface area contributed by atoms with Crippen LogP contribution in [0.4, 0.5) is 0 Å². The molecule has 1 aliphatic carbocycles. The minimum absolute atomic E-state index is 0.00991. The molecular formula is C21H30N2O2. The molecule has 0 radical (unpaired) electrons. The summed E-state index contributed by atoms with van der Waals surface area (Å²) >= 11 is 0. The summed E-state index contributed by atoms with van der Waals surface area (Å²) in [6.45, 7) is 4.60. The maximum Gasteiger partial charge on any atom is 0.255 e. The van der Waals surface area contributed by atoms with E-state index in [1.807, 2.05) is 31.2 Å². The van der Waals surface area contributed by atoms with E-state index < -0.39 is 5.54 Å². The topological polar surface area (TPSA) is 49.4 Å². The maximum atomic E-state index is 13.2. The lowest BCUT2D eigenvalue weighted by Crippen LogP contribution is -2.63. The van der Waals surface area contributed by atoms with Crippen molar-refractivity contribution in [3.8, 4) is 0 Å². The van der Waals surface area contributed by atoms with Gasteiger partial charge in [0.15, 0.2) is 0 Å². The number of hydrogen-bond acceptors (Lipinski definition) is 2. The van der Waals surface area contributed by atoms with Gasteiger partial charge in [-0.3, -0.25) is 9.59 Å². The second kappa shape index (κ2) is 7.59. The molecular weight excluding hydrogens is 312 g/mol. The van der Waals surface area contributed by atoms with Crippen molar-refractivity contribution in [1.82, 2.24) is 10.2 Å². The van der Waals surface area contributed by atoms with Crippen LogP contribution in [0.2, 0.25) is 0 Å². The van der Waals surface area contributed by atoms with Crippen LogP contribution < -0.4 is 5.32 Å². The van der Waals surface area contributed by atoms with Crippen molar-refractivity contribution in [2.45, 2.75) is 76.8 Å². The van der Waals surface area contributed by atoms with Crippen LogP contribution in [0.25, 0.3) is 0 Å². The van der Waals surface area contributed by atoms with E-state index in [1.54, 1.807) is 4.90 Å². The molecule has 2 aliphatic rings. The van der Waals surface area contributed by atoms with E-state index in [0.29, 0.717) is 13.0 Å². The Morgan fingerprint density at radius 2 is 1.88 bits per heavy atom. The summed E-state index contributed by atoms with van der Waals surface area (Å²) < 4.78 is 0. The number of carbonyl (C=O) groups excluding carboxylic acids is 2. The lowest BCUT2D eigenvalue weighted by atomic mass is 9.82. The molecule has 0 aromatic heterocycles. The molecule has 136 valence electrons. The van der Waals surface area contributed by atoms with Crippen LogP contribution in [0.15, 0.2) is 24.3 Å². The Morgan fingerprint density at radius 1 is 1.20 bits per heavy atom. The highest BCUT2D eigenvalue weighted by Gasteiger charge is 2.46. The number of fused-ring (bicyclic) bond motifs is 1. The fourth-order valence-electron chi connectivity index (χ4n) is 4.26. The minimum Gasteiger partial charge on any atom is -0.351 e. The van der Waals surface area contributed by atoms with Gasteiger partial charge >= 0.3 is 0 Å². The molecule has 1 N–H and O–H groups in total. The lowest BCUT2D eigenvalue weighted by Gasteiger charge is -2.44. The van der Waals surface area contributed by atoms with Crippen molar-refractivity contribution in [2.75, 3.05) is 6.54 Å². The normalized spacial score (nSPS) is 24.6. The SMILES string of the molecule is CCCN1C(=O)c2ccccc2C[C@]1(C)C(=O)NC1CCCCCC1. The molecule has 1 aromatic carbocycles. The molecule has 0 saturated heterocycles. The highest BCUT2D eigenvalue weighted by molar-refractivity contribution is 6.02. The number of benzene rings is 1. The van der Waals surface area contributed by atoms with Gasteiger partial charge in [0.2, 0.25) is 5.91 Å². The first kappa shape index (κ1) is 18.0. The van der Waals surface area contributed by atoms with Crippen molar-refractivity contribution in [2.24, 2.45) is 0 Å². The smallest absolute Gasteiger partial charge is 0.255 e. The molecule has 1 saturated carbocycles. The van der Waals surface area contributed by atoms with Crippen LogP contribution in [-0.2, 0) is 11.2 Å². The average molecular weight is 342 g/mol. The minimum atomic E-state index is -0.798. The Hall–Kier alpha value is -1.84. The second-order valence-corrected chi connectivity index (χ2v) is 7.73. The van der Waals surface area contributed by atoms with E-state index >= 15 is 0 Å². The summed E-state index contributed by atoms with van der Waals surface area (Å²) in [5, 5.41) is 3.28. The van der Waals surface area contributed by atoms with E-state index in [0.717, 1.165) is 30.4 Å². The number of hydrogen-bond donors (Lipinski definition) is 1. The summed E-state index contributed by atoms with van der Waals surface area (Å²) in [5.41, 5.74) is 0.933. The fraction of sp³-hybridized carbons (Fsp3) is 0.619. The van der Waals surface area contributed by atoms with Crippen molar-refractivity contribution < 1.29 is 9.59 Å². The predicted molar refractivity (Wildman–Crippen MR) is 99.5 cm³/mol. The Balaban J connectivity index is 1.85. The number of amides is 2. The predicted octanol–water partition coefficient (Wildman–Crippen LogP) is 3.69. The van der Waals surface area contributed by atoms with Gasteiger partial charge in [-0.2, -0.15) is 0 Å². The molecule has 25 heavy (non-hydrogen) atoms. The Labute approximate surface area is 151 Å². The molecule has 1 aliphatic heterocycles. The van der Waals surface area contributed by atoms with Gasteiger partial charge in [-0.05, 0) is 37.8 Å². The highest BCUT2D eigenvalue weighted by atomic mass is 16.2. The van der Waals surface area contributed by atoms with E-state index in [2.05, 4.69) is 12.2 Å². The molecule has 4 heteroatoms. The van der Waals surface area contributed by atoms with Gasteiger partial charge in [0.1, 0.15) is 5.54 Å². The maximum absolute atomic E-state index is 13.2. The zero-order valence-electron chi connectivity index (χ0n) is 15.5. The third kappa shape index (κ3) is 3.58. The number of carbonyl (C=O) groups is 2. The molecule has 1 heterocycles. The lowest BCUT2D eigenvalue weighted by molar-refractivity contribution is -0.132. The Morgan fingerprint density at radius 3 is 2.56 bits per heavy atom. The molecule has 4 nitrogen and oxygen atoms in total. The van der Waals surface area contributed by atoms with Gasteiger partial charge in [0.25, 0.3) is 5.91 Å². The van der Waals surface area contributed by atoms with Gasteiger partial charge in [-0.25, -0.2) is 0 Å². The largest absolute Gasteiger partial charge is 0.351 e. The van der Waals surface area contributed by atoms with Crippen LogP contribution in [0.3, 0.4) is 0 Å². The fourth-order valence-corrected chi connectivity index (χ4v) is 4.26. The van der Waals surface area contributed by atoms with Gasteiger partial charge in [0, 0.05) is 24.6 Å². The van der Waals surface area contributed by atoms with Gasteiger partial charge in [-0.15, -0.1) is 0 Å². The van der Waals surface area contributed by atoms with Crippen molar-refractivity contribution in [3.63, 3.8) is 0 Å². The van der Waals surface area contributed by atoms with Crippen LogP contribution in [0.1, 0.15) is 74.7 Å². The van der Waals surface area contributed by atoms with Crippen molar-refractivity contribution >= 4 is 11.8 Å².